The SMILES string of the molecule is CCNC(=NCCCOC1CCCCC1)NCCc1cnn(C)c1.I. The lowest BCUT2D eigenvalue weighted by molar-refractivity contribution is 0.0281. The van der Waals surface area contributed by atoms with E-state index in [4.69, 9.17) is 4.74 Å². The number of ether oxygens (including phenoxy) is 1. The Balaban J connectivity index is 0.00000312. The summed E-state index contributed by atoms with van der Waals surface area (Å²) >= 11 is 0. The van der Waals surface area contributed by atoms with Crippen LogP contribution >= 0.6 is 24.0 Å². The molecule has 7 heteroatoms. The van der Waals surface area contributed by atoms with Crippen molar-refractivity contribution in [1.29, 1.82) is 0 Å². The van der Waals surface area contributed by atoms with Gasteiger partial charge in [0, 0.05) is 39.5 Å². The summed E-state index contributed by atoms with van der Waals surface area (Å²) in [6, 6.07) is 0. The van der Waals surface area contributed by atoms with Gasteiger partial charge in [-0.3, -0.25) is 9.67 Å². The fourth-order valence-electron chi connectivity index (χ4n) is 3.01. The summed E-state index contributed by atoms with van der Waals surface area (Å²) in [6.07, 6.45) is 12.9. The molecule has 0 saturated heterocycles. The molecule has 0 atom stereocenters. The average molecular weight is 463 g/mol. The first kappa shape index (κ1) is 22.2. The molecule has 2 rings (SSSR count). The number of aromatic nitrogens is 2. The monoisotopic (exact) mass is 463 g/mol. The van der Waals surface area contributed by atoms with Gasteiger partial charge < -0.3 is 15.4 Å². The number of halogens is 1. The van der Waals surface area contributed by atoms with Crippen LogP contribution in [0.15, 0.2) is 17.4 Å². The number of hydrogen-bond acceptors (Lipinski definition) is 3. The number of nitrogens with zero attached hydrogens (tertiary/aromatic N) is 3. The van der Waals surface area contributed by atoms with E-state index in [2.05, 4.69) is 27.6 Å². The quantitative estimate of drug-likeness (QED) is 0.256. The van der Waals surface area contributed by atoms with Crippen molar-refractivity contribution in [1.82, 2.24) is 20.4 Å². The van der Waals surface area contributed by atoms with E-state index >= 15 is 0 Å². The van der Waals surface area contributed by atoms with Crippen LogP contribution in [0.4, 0.5) is 0 Å². The van der Waals surface area contributed by atoms with E-state index in [9.17, 15) is 0 Å². The Morgan fingerprint density at radius 2 is 2.12 bits per heavy atom. The Morgan fingerprint density at radius 3 is 2.80 bits per heavy atom. The van der Waals surface area contributed by atoms with Crippen LogP contribution in [-0.2, 0) is 18.2 Å². The number of guanidine groups is 1. The third-order valence-corrected chi connectivity index (χ3v) is 4.29. The number of rotatable bonds is 9. The Labute approximate surface area is 169 Å². The molecule has 6 nitrogen and oxygen atoms in total. The van der Waals surface area contributed by atoms with Crippen molar-refractivity contribution < 1.29 is 4.74 Å². The minimum Gasteiger partial charge on any atom is -0.378 e. The van der Waals surface area contributed by atoms with Crippen molar-refractivity contribution in [2.24, 2.45) is 12.0 Å². The topological polar surface area (TPSA) is 63.5 Å². The zero-order chi connectivity index (χ0) is 17.0. The Morgan fingerprint density at radius 1 is 1.32 bits per heavy atom. The number of aliphatic imine (C=N–C) groups is 1. The Bertz CT molecular complexity index is 486. The lowest BCUT2D eigenvalue weighted by Gasteiger charge is -2.21. The molecule has 0 aliphatic heterocycles. The smallest absolute Gasteiger partial charge is 0.191 e. The molecule has 2 N–H and O–H groups in total. The molecule has 144 valence electrons. The van der Waals surface area contributed by atoms with E-state index in [0.29, 0.717) is 6.10 Å². The Kier molecular flexibility index (Phi) is 11.9. The molecule has 1 aliphatic carbocycles. The lowest BCUT2D eigenvalue weighted by Crippen LogP contribution is -2.38. The van der Waals surface area contributed by atoms with Gasteiger partial charge in [0.1, 0.15) is 0 Å². The maximum atomic E-state index is 5.95. The highest BCUT2D eigenvalue weighted by molar-refractivity contribution is 14.0. The van der Waals surface area contributed by atoms with Gasteiger partial charge in [-0.05, 0) is 38.2 Å². The van der Waals surface area contributed by atoms with E-state index in [1.807, 2.05) is 24.1 Å². The normalized spacial score (nSPS) is 15.7. The van der Waals surface area contributed by atoms with Gasteiger partial charge in [0.25, 0.3) is 0 Å². The highest BCUT2D eigenvalue weighted by Crippen LogP contribution is 2.20. The second-order valence-electron chi connectivity index (χ2n) is 6.44. The second-order valence-corrected chi connectivity index (χ2v) is 6.44. The molecule has 1 aromatic rings. The zero-order valence-corrected chi connectivity index (χ0v) is 18.0. The fraction of sp³-hybridized carbons (Fsp3) is 0.778. The molecule has 1 saturated carbocycles. The van der Waals surface area contributed by atoms with E-state index in [-0.39, 0.29) is 24.0 Å². The summed E-state index contributed by atoms with van der Waals surface area (Å²) in [4.78, 5) is 4.63. The molecule has 1 aliphatic rings. The first-order valence-electron chi connectivity index (χ1n) is 9.39. The molecule has 1 heterocycles. The van der Waals surface area contributed by atoms with E-state index in [0.717, 1.165) is 45.0 Å². The summed E-state index contributed by atoms with van der Waals surface area (Å²) in [7, 11) is 1.94. The summed E-state index contributed by atoms with van der Waals surface area (Å²) in [5.74, 6) is 0.888. The Hall–Kier alpha value is -0.830. The molecule has 0 unspecified atom stereocenters. The molecule has 25 heavy (non-hydrogen) atoms. The van der Waals surface area contributed by atoms with Gasteiger partial charge in [-0.1, -0.05) is 19.3 Å². The third-order valence-electron chi connectivity index (χ3n) is 4.29. The lowest BCUT2D eigenvalue weighted by atomic mass is 9.98. The first-order chi connectivity index (χ1) is 11.8. The van der Waals surface area contributed by atoms with Crippen molar-refractivity contribution in [3.8, 4) is 0 Å². The van der Waals surface area contributed by atoms with E-state index < -0.39 is 0 Å². The van der Waals surface area contributed by atoms with Gasteiger partial charge in [0.2, 0.25) is 0 Å². The van der Waals surface area contributed by atoms with Crippen molar-refractivity contribution in [3.05, 3.63) is 18.0 Å². The number of hydrogen-bond donors (Lipinski definition) is 2. The van der Waals surface area contributed by atoms with Gasteiger partial charge in [0.05, 0.1) is 12.3 Å². The largest absolute Gasteiger partial charge is 0.378 e. The molecular weight excluding hydrogens is 429 g/mol. The second kappa shape index (κ2) is 13.4. The average Bonchev–Trinajstić information content (AvgIpc) is 3.01. The van der Waals surface area contributed by atoms with Crippen molar-refractivity contribution in [2.75, 3.05) is 26.2 Å². The van der Waals surface area contributed by atoms with Crippen molar-refractivity contribution in [2.45, 2.75) is 58.0 Å². The van der Waals surface area contributed by atoms with Gasteiger partial charge in [0.15, 0.2) is 5.96 Å². The maximum absolute atomic E-state index is 5.95. The van der Waals surface area contributed by atoms with Crippen molar-refractivity contribution in [3.63, 3.8) is 0 Å². The van der Waals surface area contributed by atoms with Gasteiger partial charge in [-0.15, -0.1) is 24.0 Å². The number of aryl methyl sites for hydroxylation is 1. The molecule has 0 amide bonds. The summed E-state index contributed by atoms with van der Waals surface area (Å²) in [6.45, 7) is 5.44. The van der Waals surface area contributed by atoms with Crippen LogP contribution in [0.1, 0.15) is 51.0 Å². The predicted octanol–water partition coefficient (Wildman–Crippen LogP) is 2.88. The maximum Gasteiger partial charge on any atom is 0.191 e. The zero-order valence-electron chi connectivity index (χ0n) is 15.7. The van der Waals surface area contributed by atoms with E-state index in [1.165, 1.54) is 37.7 Å². The fourth-order valence-corrected chi connectivity index (χ4v) is 3.01. The first-order valence-corrected chi connectivity index (χ1v) is 9.39. The molecule has 0 aromatic carbocycles. The summed E-state index contributed by atoms with van der Waals surface area (Å²) < 4.78 is 7.78. The molecule has 1 fully saturated rings. The van der Waals surface area contributed by atoms with Crippen LogP contribution in [0.2, 0.25) is 0 Å². The standard InChI is InChI=1S/C18H33N5O.HI/c1-3-19-18(21-12-10-16-14-22-23(2)15-16)20-11-7-13-24-17-8-5-4-6-9-17;/h14-15,17H,3-13H2,1-2H3,(H2,19,20,21);1H. The van der Waals surface area contributed by atoms with Gasteiger partial charge >= 0.3 is 0 Å². The summed E-state index contributed by atoms with van der Waals surface area (Å²) in [5.41, 5.74) is 1.24. The van der Waals surface area contributed by atoms with Crippen LogP contribution in [0.25, 0.3) is 0 Å². The minimum atomic E-state index is 0. The van der Waals surface area contributed by atoms with E-state index in [1.54, 1.807) is 0 Å². The molecule has 0 radical (unpaired) electrons. The van der Waals surface area contributed by atoms with Crippen LogP contribution in [0.5, 0.6) is 0 Å². The molecule has 0 bridgehead atoms. The number of nitrogens with one attached hydrogen (secondary N) is 2. The predicted molar refractivity (Wildman–Crippen MR) is 114 cm³/mol. The highest BCUT2D eigenvalue weighted by atomic mass is 127. The van der Waals surface area contributed by atoms with Crippen LogP contribution in [0, 0.1) is 0 Å². The minimum absolute atomic E-state index is 0. The molecule has 1 aromatic heterocycles. The highest BCUT2D eigenvalue weighted by Gasteiger charge is 2.12. The van der Waals surface area contributed by atoms with Crippen LogP contribution < -0.4 is 10.6 Å². The van der Waals surface area contributed by atoms with Gasteiger partial charge in [-0.2, -0.15) is 5.10 Å². The van der Waals surface area contributed by atoms with Crippen LogP contribution in [0.3, 0.4) is 0 Å². The third kappa shape index (κ3) is 9.44. The summed E-state index contributed by atoms with van der Waals surface area (Å²) in [5, 5.41) is 10.9. The molecule has 0 spiro atoms. The van der Waals surface area contributed by atoms with Crippen LogP contribution in [-0.4, -0.2) is 48.1 Å². The van der Waals surface area contributed by atoms with Gasteiger partial charge in [-0.25, -0.2) is 0 Å². The van der Waals surface area contributed by atoms with Crippen molar-refractivity contribution >= 4 is 29.9 Å². The molecular formula is C18H34IN5O.